The van der Waals surface area contributed by atoms with Crippen molar-refractivity contribution in [2.24, 2.45) is 0 Å². The van der Waals surface area contributed by atoms with E-state index >= 15 is 0 Å². The van der Waals surface area contributed by atoms with Crippen LogP contribution in [0.4, 0.5) is 0 Å². The molecule has 0 aliphatic carbocycles. The van der Waals surface area contributed by atoms with Gasteiger partial charge in [0.2, 0.25) is 0 Å². The highest BCUT2D eigenvalue weighted by atomic mass is 32.2. The van der Waals surface area contributed by atoms with Crippen LogP contribution in [0, 0.1) is 0 Å². The number of hydrogen-bond acceptors (Lipinski definition) is 6. The van der Waals surface area contributed by atoms with E-state index in [2.05, 4.69) is 10.6 Å². The minimum Gasteiger partial charge on any atom is -0.313 e. The molecule has 0 spiro atoms. The molecule has 0 unspecified atom stereocenters. The molecule has 0 amide bonds. The molecule has 0 bridgehead atoms. The van der Waals surface area contributed by atoms with Gasteiger partial charge in [0.05, 0.1) is 23.0 Å². The molecule has 2 atom stereocenters. The van der Waals surface area contributed by atoms with Gasteiger partial charge in [-0.1, -0.05) is 12.8 Å². The van der Waals surface area contributed by atoms with E-state index < -0.39 is 19.7 Å². The topological polar surface area (TPSA) is 92.3 Å². The van der Waals surface area contributed by atoms with Crippen LogP contribution >= 0.6 is 0 Å². The molecule has 2 aliphatic rings. The lowest BCUT2D eigenvalue weighted by Crippen LogP contribution is -2.31. The SMILES string of the molecule is O=S1(=O)CC[C@@H](NCCCCCCN[C@H]2CCS(=O)(=O)C2)C1. The highest BCUT2D eigenvalue weighted by Gasteiger charge is 2.27. The molecule has 0 radical (unpaired) electrons. The van der Waals surface area contributed by atoms with E-state index in [1.165, 1.54) is 0 Å². The number of sulfone groups is 2. The summed E-state index contributed by atoms with van der Waals surface area (Å²) in [7, 11) is -5.56. The Labute approximate surface area is 134 Å². The number of hydrogen-bond donors (Lipinski definition) is 2. The van der Waals surface area contributed by atoms with E-state index in [0.717, 1.165) is 51.6 Å². The van der Waals surface area contributed by atoms with Gasteiger partial charge in [0.1, 0.15) is 0 Å². The van der Waals surface area contributed by atoms with E-state index in [1.807, 2.05) is 0 Å². The van der Waals surface area contributed by atoms with Crippen molar-refractivity contribution in [3.8, 4) is 0 Å². The molecule has 0 saturated carbocycles. The van der Waals surface area contributed by atoms with Crippen molar-refractivity contribution in [1.82, 2.24) is 10.6 Å². The molecular weight excluding hydrogens is 324 g/mol. The molecule has 2 heterocycles. The second-order valence-corrected chi connectivity index (χ2v) is 11.0. The molecule has 22 heavy (non-hydrogen) atoms. The first-order valence-electron chi connectivity index (χ1n) is 8.24. The van der Waals surface area contributed by atoms with Crippen molar-refractivity contribution in [3.05, 3.63) is 0 Å². The van der Waals surface area contributed by atoms with Gasteiger partial charge in [-0.05, 0) is 38.8 Å². The van der Waals surface area contributed by atoms with Gasteiger partial charge in [-0.25, -0.2) is 16.8 Å². The molecule has 2 rings (SSSR count). The summed E-state index contributed by atoms with van der Waals surface area (Å²) in [5.74, 6) is 1.24. The third-order valence-electron chi connectivity index (χ3n) is 4.43. The van der Waals surface area contributed by atoms with Gasteiger partial charge in [0, 0.05) is 12.1 Å². The molecule has 0 aromatic rings. The van der Waals surface area contributed by atoms with Crippen molar-refractivity contribution in [1.29, 1.82) is 0 Å². The molecule has 2 N–H and O–H groups in total. The summed E-state index contributed by atoms with van der Waals surface area (Å²) in [5.41, 5.74) is 0. The molecule has 2 aliphatic heterocycles. The van der Waals surface area contributed by atoms with E-state index in [0.29, 0.717) is 23.0 Å². The maximum atomic E-state index is 11.3. The summed E-state index contributed by atoms with van der Waals surface area (Å²) in [6.45, 7) is 1.77. The van der Waals surface area contributed by atoms with Crippen molar-refractivity contribution in [2.45, 2.75) is 50.6 Å². The van der Waals surface area contributed by atoms with Crippen LogP contribution in [0.3, 0.4) is 0 Å². The number of nitrogens with one attached hydrogen (secondary N) is 2. The molecule has 0 aromatic carbocycles. The van der Waals surface area contributed by atoms with E-state index in [1.54, 1.807) is 0 Å². The summed E-state index contributed by atoms with van der Waals surface area (Å²) in [6.07, 6.45) is 5.87. The monoisotopic (exact) mass is 352 g/mol. The highest BCUT2D eigenvalue weighted by molar-refractivity contribution is 7.91. The van der Waals surface area contributed by atoms with E-state index in [9.17, 15) is 16.8 Å². The fourth-order valence-corrected chi connectivity index (χ4v) is 6.54. The summed E-state index contributed by atoms with van der Waals surface area (Å²) >= 11 is 0. The van der Waals surface area contributed by atoms with Crippen LogP contribution in [0.2, 0.25) is 0 Å². The van der Waals surface area contributed by atoms with Crippen LogP contribution in [0.1, 0.15) is 38.5 Å². The van der Waals surface area contributed by atoms with Gasteiger partial charge in [0.15, 0.2) is 19.7 Å². The zero-order chi connectivity index (χ0) is 16.1. The minimum atomic E-state index is -2.78. The zero-order valence-corrected chi connectivity index (χ0v) is 14.7. The van der Waals surface area contributed by atoms with Crippen molar-refractivity contribution in [3.63, 3.8) is 0 Å². The fraction of sp³-hybridized carbons (Fsp3) is 1.00. The Morgan fingerprint density at radius 2 is 1.09 bits per heavy atom. The quantitative estimate of drug-likeness (QED) is 0.572. The normalized spacial score (nSPS) is 29.8. The lowest BCUT2D eigenvalue weighted by molar-refractivity contribution is 0.500. The smallest absolute Gasteiger partial charge is 0.151 e. The van der Waals surface area contributed by atoms with Gasteiger partial charge >= 0.3 is 0 Å². The summed E-state index contributed by atoms with van der Waals surface area (Å²) in [4.78, 5) is 0. The van der Waals surface area contributed by atoms with Crippen molar-refractivity contribution < 1.29 is 16.8 Å². The molecule has 2 fully saturated rings. The lowest BCUT2D eigenvalue weighted by Gasteiger charge is -2.11. The second kappa shape index (κ2) is 8.08. The first kappa shape index (κ1) is 18.2. The Kier molecular flexibility index (Phi) is 6.67. The Hall–Kier alpha value is -0.180. The molecule has 130 valence electrons. The van der Waals surface area contributed by atoms with Gasteiger partial charge in [-0.3, -0.25) is 0 Å². The van der Waals surface area contributed by atoms with Crippen LogP contribution in [0.15, 0.2) is 0 Å². The van der Waals surface area contributed by atoms with Crippen molar-refractivity contribution in [2.75, 3.05) is 36.1 Å². The minimum absolute atomic E-state index is 0.149. The van der Waals surface area contributed by atoms with E-state index in [-0.39, 0.29) is 12.1 Å². The number of unbranched alkanes of at least 4 members (excludes halogenated alkanes) is 3. The summed E-state index contributed by atoms with van der Waals surface area (Å²) < 4.78 is 45.3. The third-order valence-corrected chi connectivity index (χ3v) is 7.97. The molecule has 2 saturated heterocycles. The van der Waals surface area contributed by atoms with E-state index in [4.69, 9.17) is 0 Å². The molecule has 8 heteroatoms. The Balaban J connectivity index is 1.41. The Bertz CT molecular complexity index is 495. The average Bonchev–Trinajstić information content (AvgIpc) is 2.95. The van der Waals surface area contributed by atoms with Crippen molar-refractivity contribution >= 4 is 19.7 Å². The Morgan fingerprint density at radius 3 is 1.41 bits per heavy atom. The van der Waals surface area contributed by atoms with Crippen LogP contribution in [-0.2, 0) is 19.7 Å². The fourth-order valence-electron chi connectivity index (χ4n) is 3.13. The molecule has 0 aromatic heterocycles. The van der Waals surface area contributed by atoms with Crippen LogP contribution < -0.4 is 10.6 Å². The predicted octanol–water partition coefficient (Wildman–Crippen LogP) is 0.100. The maximum Gasteiger partial charge on any atom is 0.151 e. The van der Waals surface area contributed by atoms with Crippen LogP contribution in [-0.4, -0.2) is 65.0 Å². The standard InChI is InChI=1S/C14H28N2O4S2/c17-21(18)9-5-13(11-21)15-7-3-1-2-4-8-16-14-6-10-22(19,20)12-14/h13-16H,1-12H2/t13-,14+. The summed E-state index contributed by atoms with van der Waals surface area (Å²) in [6, 6.07) is 0.298. The Morgan fingerprint density at radius 1 is 0.682 bits per heavy atom. The predicted molar refractivity (Wildman–Crippen MR) is 88.6 cm³/mol. The second-order valence-electron chi connectivity index (χ2n) is 6.52. The molecular formula is C14H28N2O4S2. The first-order valence-corrected chi connectivity index (χ1v) is 11.9. The average molecular weight is 353 g/mol. The highest BCUT2D eigenvalue weighted by Crippen LogP contribution is 2.12. The molecule has 6 nitrogen and oxygen atoms in total. The largest absolute Gasteiger partial charge is 0.313 e. The maximum absolute atomic E-state index is 11.3. The van der Waals surface area contributed by atoms with Gasteiger partial charge < -0.3 is 10.6 Å². The zero-order valence-electron chi connectivity index (χ0n) is 13.1. The number of rotatable bonds is 9. The van der Waals surface area contributed by atoms with Gasteiger partial charge in [-0.2, -0.15) is 0 Å². The lowest BCUT2D eigenvalue weighted by atomic mass is 10.1. The van der Waals surface area contributed by atoms with Crippen LogP contribution in [0.25, 0.3) is 0 Å². The van der Waals surface area contributed by atoms with Crippen LogP contribution in [0.5, 0.6) is 0 Å². The van der Waals surface area contributed by atoms with Gasteiger partial charge in [0.25, 0.3) is 0 Å². The summed E-state index contributed by atoms with van der Waals surface area (Å²) in [5, 5.41) is 6.64. The third kappa shape index (κ3) is 6.52. The van der Waals surface area contributed by atoms with Gasteiger partial charge in [-0.15, -0.1) is 0 Å². The first-order chi connectivity index (χ1) is 10.4.